The number of anilines is 3. The Labute approximate surface area is 226 Å². The van der Waals surface area contributed by atoms with E-state index in [1.807, 2.05) is 30.5 Å². The summed E-state index contributed by atoms with van der Waals surface area (Å²) in [6.07, 6.45) is 2.27. The highest BCUT2D eigenvalue weighted by atomic mass is 32.1. The zero-order chi connectivity index (χ0) is 26.2. The second-order valence-corrected chi connectivity index (χ2v) is 10.8. The molecule has 2 N–H and O–H groups in total. The van der Waals surface area contributed by atoms with Crippen LogP contribution in [0.5, 0.6) is 5.75 Å². The third kappa shape index (κ3) is 4.85. The summed E-state index contributed by atoms with van der Waals surface area (Å²) in [4.78, 5) is 15.5. The summed E-state index contributed by atoms with van der Waals surface area (Å²) in [6.45, 7) is 8.06. The maximum Gasteiger partial charge on any atom is 0.186 e. The van der Waals surface area contributed by atoms with Crippen molar-refractivity contribution in [3.8, 4) is 28.4 Å². The normalized spacial score (nSPS) is 17.6. The van der Waals surface area contributed by atoms with Gasteiger partial charge in [0.2, 0.25) is 0 Å². The number of imidazole rings is 1. The second-order valence-electron chi connectivity index (χ2n) is 9.84. The molecule has 2 atom stereocenters. The monoisotopic (exact) mass is 525 g/mol. The molecule has 1 aliphatic rings. The molecule has 38 heavy (non-hydrogen) atoms. The highest BCUT2D eigenvalue weighted by molar-refractivity contribution is 7.22. The summed E-state index contributed by atoms with van der Waals surface area (Å²) < 4.78 is 12.3. The van der Waals surface area contributed by atoms with Crippen molar-refractivity contribution in [3.63, 3.8) is 0 Å². The van der Waals surface area contributed by atoms with Crippen LogP contribution in [0.3, 0.4) is 0 Å². The van der Waals surface area contributed by atoms with Gasteiger partial charge >= 0.3 is 0 Å². The molecule has 5 aromatic rings. The standard InChI is InChI=1S/C30H31N5O2S/c1-18-8-11-22(14-24(18)29-31-15-27(33-29)21-9-12-23(36-4)13-10-21)32-25-6-5-7-26-28(25)38-30(34-26)35-16-19(2)37-20(3)17-35/h5-15,19-20,32H,16-17H2,1-4H3,(H,31,33)/t19-,20+. The largest absolute Gasteiger partial charge is 0.497 e. The van der Waals surface area contributed by atoms with Crippen molar-refractivity contribution in [1.29, 1.82) is 0 Å². The number of benzene rings is 3. The Morgan fingerprint density at radius 3 is 2.61 bits per heavy atom. The number of aromatic amines is 1. The SMILES string of the molecule is COc1ccc(-c2cnc(-c3cc(Nc4cccc5nc(N6C[C@@H](C)O[C@@H](C)C6)sc45)ccc3C)[nH]2)cc1. The predicted molar refractivity (Wildman–Crippen MR) is 156 cm³/mol. The summed E-state index contributed by atoms with van der Waals surface area (Å²) in [5.74, 6) is 1.67. The molecular weight excluding hydrogens is 494 g/mol. The number of nitrogens with one attached hydrogen (secondary N) is 2. The number of hydrogen-bond acceptors (Lipinski definition) is 7. The lowest BCUT2D eigenvalue weighted by Crippen LogP contribution is -2.45. The van der Waals surface area contributed by atoms with Gasteiger partial charge in [0.25, 0.3) is 0 Å². The van der Waals surface area contributed by atoms with E-state index in [-0.39, 0.29) is 12.2 Å². The molecule has 8 heteroatoms. The minimum atomic E-state index is 0.196. The Morgan fingerprint density at radius 1 is 1.05 bits per heavy atom. The summed E-state index contributed by atoms with van der Waals surface area (Å²) in [7, 11) is 1.67. The van der Waals surface area contributed by atoms with Crippen LogP contribution < -0.4 is 15.0 Å². The smallest absolute Gasteiger partial charge is 0.186 e. The Bertz CT molecular complexity index is 1570. The van der Waals surface area contributed by atoms with Gasteiger partial charge in [-0.15, -0.1) is 0 Å². The van der Waals surface area contributed by atoms with Crippen molar-refractivity contribution in [2.45, 2.75) is 33.0 Å². The number of ether oxygens (including phenoxy) is 2. The quantitative estimate of drug-likeness (QED) is 0.248. The van der Waals surface area contributed by atoms with Gasteiger partial charge in [0, 0.05) is 24.3 Å². The van der Waals surface area contributed by atoms with Gasteiger partial charge in [0.1, 0.15) is 11.6 Å². The van der Waals surface area contributed by atoms with Crippen molar-refractivity contribution < 1.29 is 9.47 Å². The van der Waals surface area contributed by atoms with E-state index in [1.54, 1.807) is 18.4 Å². The fourth-order valence-corrected chi connectivity index (χ4v) is 6.04. The fraction of sp³-hybridized carbons (Fsp3) is 0.267. The van der Waals surface area contributed by atoms with Crippen molar-refractivity contribution in [2.24, 2.45) is 0 Å². The molecule has 1 saturated heterocycles. The zero-order valence-electron chi connectivity index (χ0n) is 22.0. The molecule has 0 amide bonds. The van der Waals surface area contributed by atoms with Gasteiger partial charge in [0.15, 0.2) is 5.13 Å². The number of nitrogens with zero attached hydrogens (tertiary/aromatic N) is 3. The fourth-order valence-electron chi connectivity index (χ4n) is 4.99. The number of thiazole rings is 1. The van der Waals surface area contributed by atoms with E-state index in [9.17, 15) is 0 Å². The van der Waals surface area contributed by atoms with E-state index >= 15 is 0 Å². The lowest BCUT2D eigenvalue weighted by Gasteiger charge is -2.35. The molecule has 7 nitrogen and oxygen atoms in total. The summed E-state index contributed by atoms with van der Waals surface area (Å²) in [6, 6.07) is 20.6. The van der Waals surface area contributed by atoms with E-state index < -0.39 is 0 Å². The first-order valence-corrected chi connectivity index (χ1v) is 13.7. The minimum Gasteiger partial charge on any atom is -0.497 e. The highest BCUT2D eigenvalue weighted by Gasteiger charge is 2.25. The van der Waals surface area contributed by atoms with Crippen LogP contribution in [0.1, 0.15) is 19.4 Å². The van der Waals surface area contributed by atoms with Crippen molar-refractivity contribution in [3.05, 3.63) is 72.4 Å². The minimum absolute atomic E-state index is 0.196. The number of methoxy groups -OCH3 is 1. The van der Waals surface area contributed by atoms with E-state index in [1.165, 1.54) is 0 Å². The van der Waals surface area contributed by atoms with E-state index in [0.717, 1.165) is 73.8 Å². The molecule has 1 fully saturated rings. The summed E-state index contributed by atoms with van der Waals surface area (Å²) >= 11 is 1.73. The first kappa shape index (κ1) is 24.5. The average Bonchev–Trinajstić information content (AvgIpc) is 3.58. The first-order chi connectivity index (χ1) is 18.5. The predicted octanol–water partition coefficient (Wildman–Crippen LogP) is 7.03. The topological polar surface area (TPSA) is 75.3 Å². The van der Waals surface area contributed by atoms with Crippen molar-refractivity contribution in [2.75, 3.05) is 30.4 Å². The zero-order valence-corrected chi connectivity index (χ0v) is 22.8. The van der Waals surface area contributed by atoms with Crippen LogP contribution >= 0.6 is 11.3 Å². The maximum absolute atomic E-state index is 5.92. The molecule has 0 saturated carbocycles. The van der Waals surface area contributed by atoms with Crippen molar-refractivity contribution >= 4 is 38.1 Å². The molecule has 3 aromatic carbocycles. The third-order valence-electron chi connectivity index (χ3n) is 6.84. The number of morpholine rings is 1. The molecule has 0 bridgehead atoms. The average molecular weight is 526 g/mol. The highest BCUT2D eigenvalue weighted by Crippen LogP contribution is 2.37. The van der Waals surface area contributed by atoms with E-state index in [0.29, 0.717) is 0 Å². The molecule has 1 aliphatic heterocycles. The van der Waals surface area contributed by atoms with Crippen LogP contribution in [-0.4, -0.2) is 47.4 Å². The third-order valence-corrected chi connectivity index (χ3v) is 8.01. The summed E-state index contributed by atoms with van der Waals surface area (Å²) in [5, 5.41) is 4.68. The number of rotatable bonds is 6. The van der Waals surface area contributed by atoms with E-state index in [4.69, 9.17) is 19.4 Å². The van der Waals surface area contributed by atoms with Crippen LogP contribution in [0.15, 0.2) is 66.9 Å². The molecule has 194 valence electrons. The number of hydrogen-bond donors (Lipinski definition) is 2. The lowest BCUT2D eigenvalue weighted by molar-refractivity contribution is -0.00521. The van der Waals surface area contributed by atoms with Crippen LogP contribution in [0.2, 0.25) is 0 Å². The number of aromatic nitrogens is 3. The summed E-state index contributed by atoms with van der Waals surface area (Å²) in [5.41, 5.74) is 7.30. The molecule has 0 radical (unpaired) electrons. The number of H-pyrrole nitrogens is 1. The second kappa shape index (κ2) is 10.1. The van der Waals surface area contributed by atoms with Gasteiger partial charge in [-0.2, -0.15) is 0 Å². The van der Waals surface area contributed by atoms with E-state index in [2.05, 4.69) is 72.4 Å². The van der Waals surface area contributed by atoms with Crippen LogP contribution in [0.25, 0.3) is 32.9 Å². The number of aryl methyl sites for hydroxylation is 1. The van der Waals surface area contributed by atoms with Gasteiger partial charge in [-0.3, -0.25) is 0 Å². The molecule has 0 unspecified atom stereocenters. The van der Waals surface area contributed by atoms with Crippen LogP contribution in [-0.2, 0) is 4.74 Å². The molecule has 0 aliphatic carbocycles. The Balaban J connectivity index is 1.27. The van der Waals surface area contributed by atoms with Gasteiger partial charge in [-0.05, 0) is 80.4 Å². The van der Waals surface area contributed by atoms with Crippen molar-refractivity contribution in [1.82, 2.24) is 15.0 Å². The van der Waals surface area contributed by atoms with Gasteiger partial charge < -0.3 is 24.7 Å². The maximum atomic E-state index is 5.92. The molecule has 2 aromatic heterocycles. The lowest BCUT2D eigenvalue weighted by atomic mass is 10.1. The Hall–Kier alpha value is -3.88. The molecule has 3 heterocycles. The van der Waals surface area contributed by atoms with Crippen LogP contribution in [0.4, 0.5) is 16.5 Å². The molecule has 6 rings (SSSR count). The Kier molecular flexibility index (Phi) is 6.51. The first-order valence-electron chi connectivity index (χ1n) is 12.8. The molecular formula is C30H31N5O2S. The van der Waals surface area contributed by atoms with Gasteiger partial charge in [0.05, 0.1) is 47.1 Å². The molecule has 0 spiro atoms. The number of fused-ring (bicyclic) bond motifs is 1. The van der Waals surface area contributed by atoms with Gasteiger partial charge in [-0.1, -0.05) is 23.5 Å². The Morgan fingerprint density at radius 2 is 1.84 bits per heavy atom. The van der Waals surface area contributed by atoms with Gasteiger partial charge in [-0.25, -0.2) is 9.97 Å². The van der Waals surface area contributed by atoms with Crippen LogP contribution in [0, 0.1) is 6.92 Å².